The van der Waals surface area contributed by atoms with E-state index in [1.807, 2.05) is 0 Å². The van der Waals surface area contributed by atoms with Gasteiger partial charge >= 0.3 is 0 Å². The lowest BCUT2D eigenvalue weighted by Gasteiger charge is -2.33. The predicted octanol–water partition coefficient (Wildman–Crippen LogP) is 2.53. The minimum absolute atomic E-state index is 0.0753. The van der Waals surface area contributed by atoms with E-state index in [1.165, 1.54) is 41.4 Å². The number of thiophene rings is 1. The molecule has 3 heterocycles. The quantitative estimate of drug-likeness (QED) is 0.698. The Morgan fingerprint density at radius 2 is 2.00 bits per heavy atom. The van der Waals surface area contributed by atoms with Crippen molar-refractivity contribution in [3.8, 4) is 0 Å². The average molecular weight is 414 g/mol. The summed E-state index contributed by atoms with van der Waals surface area (Å²) < 4.78 is 27.0. The smallest absolute Gasteiger partial charge is 0.252 e. The molecule has 6 nitrogen and oxygen atoms in total. The molecular formula is C19H31N3O3S2. The number of sulfonamides is 1. The zero-order valence-corrected chi connectivity index (χ0v) is 17.7. The first-order chi connectivity index (χ1) is 13.0. The van der Waals surface area contributed by atoms with Crippen LogP contribution in [-0.4, -0.2) is 62.3 Å². The Morgan fingerprint density at radius 3 is 2.67 bits per heavy atom. The van der Waals surface area contributed by atoms with Crippen molar-refractivity contribution in [1.29, 1.82) is 0 Å². The van der Waals surface area contributed by atoms with Crippen molar-refractivity contribution in [3.05, 3.63) is 17.5 Å². The van der Waals surface area contributed by atoms with Gasteiger partial charge in [0.1, 0.15) is 4.21 Å². The summed E-state index contributed by atoms with van der Waals surface area (Å²) in [7, 11) is -3.39. The summed E-state index contributed by atoms with van der Waals surface area (Å²) in [6.45, 7) is 6.05. The molecule has 2 saturated heterocycles. The van der Waals surface area contributed by atoms with Crippen LogP contribution >= 0.6 is 11.3 Å². The summed E-state index contributed by atoms with van der Waals surface area (Å²) in [6.07, 6.45) is 6.05. The van der Waals surface area contributed by atoms with Gasteiger partial charge in [0.15, 0.2) is 0 Å². The third-order valence-electron chi connectivity index (χ3n) is 5.78. The molecule has 0 spiro atoms. The van der Waals surface area contributed by atoms with Crippen LogP contribution in [0, 0.1) is 5.92 Å². The van der Waals surface area contributed by atoms with Gasteiger partial charge in [-0.25, -0.2) is 8.42 Å². The van der Waals surface area contributed by atoms with Gasteiger partial charge in [0, 0.05) is 38.1 Å². The Bertz CT molecular complexity index is 698. The Labute approximate surface area is 167 Å². The SMILES string of the molecule is C[C@@H]1CCCCN1CCCNC(=O)C1CCN(S(=O)(=O)c2cccs2)CC1. The van der Waals surface area contributed by atoms with E-state index < -0.39 is 10.0 Å². The maximum absolute atomic E-state index is 12.5. The van der Waals surface area contributed by atoms with Gasteiger partial charge in [-0.3, -0.25) is 4.79 Å². The molecule has 27 heavy (non-hydrogen) atoms. The second-order valence-corrected chi connectivity index (χ2v) is 10.7. The van der Waals surface area contributed by atoms with Gasteiger partial charge in [-0.2, -0.15) is 4.31 Å². The molecule has 0 unspecified atom stereocenters. The van der Waals surface area contributed by atoms with Crippen molar-refractivity contribution in [2.75, 3.05) is 32.7 Å². The molecule has 1 aromatic heterocycles. The number of amides is 1. The Balaban J connectivity index is 1.37. The zero-order valence-electron chi connectivity index (χ0n) is 16.1. The standard InChI is InChI=1S/C19H31N3O3S2/c1-16-6-2-3-11-21(16)12-5-10-20-19(23)17-8-13-22(14-9-17)27(24,25)18-7-4-15-26-18/h4,7,15-17H,2-3,5-6,8-14H2,1H3,(H,20,23)/t16-/m1/s1. The molecule has 1 N–H and O–H groups in total. The Kier molecular flexibility index (Phi) is 7.30. The van der Waals surface area contributed by atoms with Gasteiger partial charge in [0.25, 0.3) is 10.0 Å². The number of likely N-dealkylation sites (tertiary alicyclic amines) is 1. The van der Waals surface area contributed by atoms with Crippen molar-refractivity contribution in [3.63, 3.8) is 0 Å². The number of hydrogen-bond acceptors (Lipinski definition) is 5. The molecule has 152 valence electrons. The van der Waals surface area contributed by atoms with Gasteiger partial charge in [-0.05, 0) is 57.0 Å². The molecule has 0 radical (unpaired) electrons. The molecule has 2 fully saturated rings. The van der Waals surface area contributed by atoms with Crippen molar-refractivity contribution in [2.24, 2.45) is 5.92 Å². The minimum atomic E-state index is -3.39. The van der Waals surface area contributed by atoms with E-state index in [9.17, 15) is 13.2 Å². The number of piperidine rings is 2. The molecule has 2 aliphatic heterocycles. The largest absolute Gasteiger partial charge is 0.356 e. The second kappa shape index (κ2) is 9.49. The van der Waals surface area contributed by atoms with Crippen molar-refractivity contribution in [1.82, 2.24) is 14.5 Å². The average Bonchev–Trinajstić information content (AvgIpc) is 3.22. The normalized spacial score (nSPS) is 23.4. The van der Waals surface area contributed by atoms with E-state index in [-0.39, 0.29) is 11.8 Å². The van der Waals surface area contributed by atoms with Gasteiger partial charge in [0.2, 0.25) is 5.91 Å². The van der Waals surface area contributed by atoms with Gasteiger partial charge in [0.05, 0.1) is 0 Å². The summed E-state index contributed by atoms with van der Waals surface area (Å²) in [6, 6.07) is 4.05. The van der Waals surface area contributed by atoms with Crippen LogP contribution in [0.15, 0.2) is 21.7 Å². The van der Waals surface area contributed by atoms with E-state index in [0.29, 0.717) is 42.7 Å². The van der Waals surface area contributed by atoms with Crippen LogP contribution in [0.2, 0.25) is 0 Å². The lowest BCUT2D eigenvalue weighted by atomic mass is 9.97. The summed E-state index contributed by atoms with van der Waals surface area (Å²) >= 11 is 1.24. The minimum Gasteiger partial charge on any atom is -0.356 e. The van der Waals surface area contributed by atoms with E-state index in [2.05, 4.69) is 17.1 Å². The summed E-state index contributed by atoms with van der Waals surface area (Å²) in [5.41, 5.74) is 0. The third-order valence-corrected chi connectivity index (χ3v) is 9.05. The maximum Gasteiger partial charge on any atom is 0.252 e. The van der Waals surface area contributed by atoms with Crippen LogP contribution in [0.3, 0.4) is 0 Å². The summed E-state index contributed by atoms with van der Waals surface area (Å²) in [5.74, 6) is 0.00330. The van der Waals surface area contributed by atoms with E-state index >= 15 is 0 Å². The molecule has 0 bridgehead atoms. The highest BCUT2D eigenvalue weighted by Crippen LogP contribution is 2.26. The highest BCUT2D eigenvalue weighted by Gasteiger charge is 2.32. The van der Waals surface area contributed by atoms with Crippen LogP contribution in [0.1, 0.15) is 45.4 Å². The van der Waals surface area contributed by atoms with E-state index in [0.717, 1.165) is 13.0 Å². The fourth-order valence-electron chi connectivity index (χ4n) is 4.02. The van der Waals surface area contributed by atoms with Crippen molar-refractivity contribution in [2.45, 2.75) is 55.7 Å². The fourth-order valence-corrected chi connectivity index (χ4v) is 6.64. The second-order valence-electron chi connectivity index (χ2n) is 7.64. The topological polar surface area (TPSA) is 69.7 Å². The van der Waals surface area contributed by atoms with Crippen LogP contribution in [-0.2, 0) is 14.8 Å². The summed E-state index contributed by atoms with van der Waals surface area (Å²) in [4.78, 5) is 14.9. The highest BCUT2D eigenvalue weighted by atomic mass is 32.2. The number of carbonyl (C=O) groups excluding carboxylic acids is 1. The van der Waals surface area contributed by atoms with E-state index in [4.69, 9.17) is 0 Å². The first kappa shape index (κ1) is 20.8. The lowest BCUT2D eigenvalue weighted by Crippen LogP contribution is -2.43. The van der Waals surface area contributed by atoms with Crippen molar-refractivity contribution < 1.29 is 13.2 Å². The molecule has 1 amide bonds. The number of hydrogen-bond donors (Lipinski definition) is 1. The molecule has 0 saturated carbocycles. The first-order valence-corrected chi connectivity index (χ1v) is 12.4. The number of rotatable bonds is 7. The number of nitrogens with one attached hydrogen (secondary N) is 1. The van der Waals surface area contributed by atoms with Gasteiger partial charge < -0.3 is 10.2 Å². The molecule has 2 aliphatic rings. The lowest BCUT2D eigenvalue weighted by molar-refractivity contribution is -0.126. The molecule has 3 rings (SSSR count). The molecule has 0 aromatic carbocycles. The van der Waals surface area contributed by atoms with E-state index in [1.54, 1.807) is 17.5 Å². The molecule has 1 atom stereocenters. The van der Waals surface area contributed by atoms with Crippen LogP contribution in [0.4, 0.5) is 0 Å². The molecular weight excluding hydrogens is 382 g/mol. The zero-order chi connectivity index (χ0) is 19.3. The number of carbonyl (C=O) groups is 1. The Morgan fingerprint density at radius 1 is 1.22 bits per heavy atom. The molecule has 0 aliphatic carbocycles. The fraction of sp³-hybridized carbons (Fsp3) is 0.737. The van der Waals surface area contributed by atoms with Gasteiger partial charge in [-0.15, -0.1) is 11.3 Å². The monoisotopic (exact) mass is 413 g/mol. The Hall–Kier alpha value is -0.960. The maximum atomic E-state index is 12.5. The molecule has 1 aromatic rings. The number of nitrogens with zero attached hydrogens (tertiary/aromatic N) is 2. The van der Waals surface area contributed by atoms with Crippen molar-refractivity contribution >= 4 is 27.3 Å². The molecule has 8 heteroatoms. The highest BCUT2D eigenvalue weighted by molar-refractivity contribution is 7.91. The third kappa shape index (κ3) is 5.31. The van der Waals surface area contributed by atoms with Crippen LogP contribution < -0.4 is 5.32 Å². The predicted molar refractivity (Wildman–Crippen MR) is 108 cm³/mol. The summed E-state index contributed by atoms with van der Waals surface area (Å²) in [5, 5.41) is 4.83. The van der Waals surface area contributed by atoms with Crippen LogP contribution in [0.5, 0.6) is 0 Å². The first-order valence-electron chi connectivity index (χ1n) is 10.0. The van der Waals surface area contributed by atoms with Gasteiger partial charge in [-0.1, -0.05) is 12.5 Å². The van der Waals surface area contributed by atoms with Crippen LogP contribution in [0.25, 0.3) is 0 Å².